The third-order valence-electron chi connectivity index (χ3n) is 26.2. The summed E-state index contributed by atoms with van der Waals surface area (Å²) in [5, 5.41) is 30.0. The van der Waals surface area contributed by atoms with Gasteiger partial charge in [0.25, 0.3) is 0 Å². The summed E-state index contributed by atoms with van der Waals surface area (Å²) in [6, 6.07) is 163. The number of hydrogen-bond acceptors (Lipinski definition) is 4. The lowest BCUT2D eigenvalue weighted by Crippen LogP contribution is -1.95. The van der Waals surface area contributed by atoms with Crippen molar-refractivity contribution >= 4 is 162 Å². The lowest BCUT2D eigenvalue weighted by atomic mass is 9.87. The van der Waals surface area contributed by atoms with Crippen LogP contribution in [0.2, 0.25) is 0 Å². The van der Waals surface area contributed by atoms with Gasteiger partial charge < -0.3 is 0 Å². The van der Waals surface area contributed by atoms with Gasteiger partial charge in [-0.25, -0.2) is 19.9 Å². The zero-order chi connectivity index (χ0) is 82.9. The Hall–Kier alpha value is -16.7. The van der Waals surface area contributed by atoms with Crippen LogP contribution in [0.5, 0.6) is 0 Å². The fourth-order valence-electron chi connectivity index (χ4n) is 20.4. The molecule has 0 N–H and O–H groups in total. The molecule has 22 aromatic carbocycles. The molecule has 0 radical (unpaired) electrons. The molecule has 26 aromatic rings. The number of para-hydroxylation sites is 3. The summed E-state index contributed by atoms with van der Waals surface area (Å²) in [6.45, 7) is 0. The average Bonchev–Trinajstić information content (AvgIpc) is 0.725. The minimum Gasteiger partial charge on any atom is -0.248 e. The van der Waals surface area contributed by atoms with Gasteiger partial charge in [-0.05, 0) is 231 Å². The van der Waals surface area contributed by atoms with E-state index in [4.69, 9.17) is 19.9 Å². The molecule has 0 aliphatic rings. The molecule has 582 valence electrons. The van der Waals surface area contributed by atoms with Crippen molar-refractivity contribution in [2.75, 3.05) is 0 Å². The van der Waals surface area contributed by atoms with Crippen molar-refractivity contribution in [1.29, 1.82) is 0 Å². The molecule has 0 aliphatic carbocycles. The van der Waals surface area contributed by atoms with Crippen LogP contribution in [0.15, 0.2) is 449 Å². The van der Waals surface area contributed by atoms with Crippen LogP contribution in [0.4, 0.5) is 0 Å². The van der Waals surface area contributed by atoms with Crippen LogP contribution < -0.4 is 0 Å². The molecule has 0 unspecified atom stereocenters. The number of hydrogen-bond donors (Lipinski definition) is 0. The van der Waals surface area contributed by atoms with Crippen molar-refractivity contribution in [3.8, 4) is 101 Å². The maximum absolute atomic E-state index is 5.70. The number of nitrogens with zero attached hydrogens (tertiary/aromatic N) is 4. The monoisotopic (exact) mass is 1590 g/mol. The Bertz CT molecular complexity index is 8970. The molecule has 4 heterocycles. The molecule has 0 fully saturated rings. The first-order chi connectivity index (χ1) is 62.5. The molecule has 0 bridgehead atoms. The van der Waals surface area contributed by atoms with E-state index < -0.39 is 0 Å². The first kappa shape index (κ1) is 72.2. The van der Waals surface area contributed by atoms with Gasteiger partial charge in [0.05, 0.1) is 44.7 Å². The summed E-state index contributed by atoms with van der Waals surface area (Å²) in [6.07, 6.45) is 0. The first-order valence-electron chi connectivity index (χ1n) is 43.3. The van der Waals surface area contributed by atoms with Crippen molar-refractivity contribution < 1.29 is 0 Å². The first-order valence-corrected chi connectivity index (χ1v) is 43.3. The molecule has 4 heteroatoms. The Labute approximate surface area is 726 Å². The van der Waals surface area contributed by atoms with E-state index in [9.17, 15) is 0 Å². The maximum atomic E-state index is 5.70. The second-order valence-corrected chi connectivity index (χ2v) is 33.2. The zero-order valence-corrected chi connectivity index (χ0v) is 68.5. The summed E-state index contributed by atoms with van der Waals surface area (Å²) < 4.78 is 0. The molecule has 0 amide bonds. The fraction of sp³-hybridized carbons (Fsp3) is 0. The van der Waals surface area contributed by atoms with Crippen molar-refractivity contribution in [2.24, 2.45) is 0 Å². The van der Waals surface area contributed by atoms with Gasteiger partial charge in [0.2, 0.25) is 0 Å². The number of benzene rings is 22. The zero-order valence-electron chi connectivity index (χ0n) is 68.5. The molecule has 26 rings (SSSR count). The van der Waals surface area contributed by atoms with Crippen LogP contribution in [0.25, 0.3) is 263 Å². The number of aromatic nitrogens is 4. The van der Waals surface area contributed by atoms with E-state index in [1.165, 1.54) is 147 Å². The van der Waals surface area contributed by atoms with Crippen LogP contribution in [0.3, 0.4) is 0 Å². The third-order valence-corrected chi connectivity index (χ3v) is 26.2. The van der Waals surface area contributed by atoms with Crippen LogP contribution in [0.1, 0.15) is 0 Å². The molecule has 0 aliphatic heterocycles. The van der Waals surface area contributed by atoms with Gasteiger partial charge in [-0.3, -0.25) is 0 Å². The van der Waals surface area contributed by atoms with Crippen molar-refractivity contribution in [1.82, 2.24) is 19.9 Å². The molecular weight excluding hydrogens is 1520 g/mol. The molecule has 4 nitrogen and oxygen atoms in total. The quantitative estimate of drug-likeness (QED) is 0.107. The van der Waals surface area contributed by atoms with E-state index in [1.54, 1.807) is 0 Å². The summed E-state index contributed by atoms with van der Waals surface area (Å²) in [5.74, 6) is 0. The second kappa shape index (κ2) is 29.6. The van der Waals surface area contributed by atoms with Crippen molar-refractivity contribution in [3.05, 3.63) is 449 Å². The predicted molar refractivity (Wildman–Crippen MR) is 536 cm³/mol. The summed E-state index contributed by atoms with van der Waals surface area (Å²) in [4.78, 5) is 21.6. The van der Waals surface area contributed by atoms with Gasteiger partial charge in [-0.1, -0.05) is 376 Å². The van der Waals surface area contributed by atoms with E-state index in [2.05, 4.69) is 449 Å². The Morgan fingerprint density at radius 2 is 0.373 bits per heavy atom. The second-order valence-electron chi connectivity index (χ2n) is 33.2. The van der Waals surface area contributed by atoms with Gasteiger partial charge in [0, 0.05) is 60.0 Å². The highest BCUT2D eigenvalue weighted by Gasteiger charge is 2.25. The lowest BCUT2D eigenvalue weighted by Gasteiger charge is -2.19. The number of rotatable bonds is 9. The van der Waals surface area contributed by atoms with E-state index in [0.29, 0.717) is 0 Å². The van der Waals surface area contributed by atoms with Crippen molar-refractivity contribution in [3.63, 3.8) is 0 Å². The summed E-state index contributed by atoms with van der Waals surface area (Å²) in [7, 11) is 0. The van der Waals surface area contributed by atoms with Gasteiger partial charge in [0.1, 0.15) is 0 Å². The third kappa shape index (κ3) is 12.0. The molecular formula is C122H74N4. The lowest BCUT2D eigenvalue weighted by molar-refractivity contribution is 1.40. The maximum Gasteiger partial charge on any atom is 0.0794 e. The van der Waals surface area contributed by atoms with Gasteiger partial charge in [-0.2, -0.15) is 0 Å². The van der Waals surface area contributed by atoms with Gasteiger partial charge in [-0.15, -0.1) is 0 Å². The van der Waals surface area contributed by atoms with Crippen LogP contribution >= 0.6 is 0 Å². The molecule has 0 saturated carbocycles. The highest BCUT2D eigenvalue weighted by atomic mass is 14.7. The molecule has 0 atom stereocenters. The Kier molecular flexibility index (Phi) is 17.0. The van der Waals surface area contributed by atoms with E-state index in [0.717, 1.165) is 116 Å². The van der Waals surface area contributed by atoms with Crippen LogP contribution in [-0.2, 0) is 0 Å². The highest BCUT2D eigenvalue weighted by Crippen LogP contribution is 2.50. The minimum atomic E-state index is 0.955. The SMILES string of the molecule is c1ccc(-c2cc(-c3ccc(-c4cc5c(-c6cc7ccccc7c7ccccc67)cc(-c6cc7ccccc7c7ccccc67)nc5c5ccccc45)cc3)nc3ccccc23)cc1.c1ccc2c(c1)cc(-c1cc(-c3cc4ccccc4c4ccccc34)c3cc(-c4ccc(-c5c6ccccc6nc6ccccc56)cc4)c4ccccc4c3n1)c1ccccc12. The highest BCUT2D eigenvalue weighted by molar-refractivity contribution is 6.25. The topological polar surface area (TPSA) is 51.6 Å². The standard InChI is InChI=1S/C62H38N2.C60H36N2/c1-2-16-39(17-3-1)54-37-60(63-59-29-15-14-27-51(54)59)41-32-30-40(31-33-41)53-36-58-56(55-34-42-18-4-6-20-44(42)46-22-8-10-24-48(46)55)38-61(64-62(58)52-28-13-12-26-50(52)53)57-35-43-19-5-7-21-45(43)47-23-9-11-25-49(47)57;1-3-17-41-39(15-1)33-52(45-21-7-5-19-43(41)45)53-36-58(54-34-40-16-2-4-18-42(40)44-20-6-8-22-46(44)54)62-60-48-24-10-9-23-47(48)51(35-55(53)60)37-29-31-38(32-30-37)59-49-25-11-13-27-56(49)61-57-28-14-12-26-50(57)59/h1-38H;1-36H. The Morgan fingerprint density at radius 1 is 0.119 bits per heavy atom. The number of fused-ring (bicyclic) bond motifs is 21. The predicted octanol–water partition coefficient (Wildman–Crippen LogP) is 33.3. The van der Waals surface area contributed by atoms with Gasteiger partial charge in [0.15, 0.2) is 0 Å². The fourth-order valence-corrected chi connectivity index (χ4v) is 20.4. The Morgan fingerprint density at radius 3 is 0.770 bits per heavy atom. The minimum absolute atomic E-state index is 0.955. The van der Waals surface area contributed by atoms with E-state index in [-0.39, 0.29) is 0 Å². The average molecular weight is 1600 g/mol. The van der Waals surface area contributed by atoms with Gasteiger partial charge >= 0.3 is 0 Å². The van der Waals surface area contributed by atoms with Crippen molar-refractivity contribution in [2.45, 2.75) is 0 Å². The van der Waals surface area contributed by atoms with Crippen LogP contribution in [-0.4, -0.2) is 19.9 Å². The summed E-state index contributed by atoms with van der Waals surface area (Å²) >= 11 is 0. The van der Waals surface area contributed by atoms with E-state index >= 15 is 0 Å². The largest absolute Gasteiger partial charge is 0.248 e. The smallest absolute Gasteiger partial charge is 0.0794 e. The summed E-state index contributed by atoms with van der Waals surface area (Å²) in [5.41, 5.74) is 25.3. The molecule has 0 spiro atoms. The molecule has 0 saturated heterocycles. The number of pyridine rings is 4. The normalized spacial score (nSPS) is 11.8. The Balaban J connectivity index is 0.000000137. The van der Waals surface area contributed by atoms with E-state index in [1.807, 2.05) is 0 Å². The van der Waals surface area contributed by atoms with Crippen LogP contribution in [0, 0.1) is 0 Å². The molecule has 126 heavy (non-hydrogen) atoms. The molecule has 4 aromatic heterocycles.